The molecule has 1 aromatic carbocycles. The molecule has 2 aromatic rings. The molecule has 1 saturated heterocycles. The summed E-state index contributed by atoms with van der Waals surface area (Å²) in [4.78, 5) is 44.1. The second-order valence-electron chi connectivity index (χ2n) is 7.81. The fourth-order valence-corrected chi connectivity index (χ4v) is 4.10. The number of H-pyrrole nitrogens is 1. The maximum Gasteiger partial charge on any atom is 0.270 e. The van der Waals surface area contributed by atoms with E-state index in [1.165, 1.54) is 6.92 Å². The Morgan fingerprint density at radius 3 is 2.33 bits per heavy atom. The Labute approximate surface area is 177 Å². The van der Waals surface area contributed by atoms with Gasteiger partial charge >= 0.3 is 0 Å². The van der Waals surface area contributed by atoms with Gasteiger partial charge in [-0.3, -0.25) is 19.3 Å². The molecule has 7 nitrogen and oxygen atoms in total. The first-order chi connectivity index (χ1) is 14.3. The van der Waals surface area contributed by atoms with E-state index in [0.29, 0.717) is 49.5 Å². The minimum atomic E-state index is -0.0934. The highest BCUT2D eigenvalue weighted by Gasteiger charge is 2.27. The van der Waals surface area contributed by atoms with Crippen LogP contribution in [0.2, 0.25) is 0 Å². The van der Waals surface area contributed by atoms with Crippen molar-refractivity contribution in [1.29, 1.82) is 0 Å². The third-order valence-corrected chi connectivity index (χ3v) is 5.70. The molecule has 0 bridgehead atoms. The molecular formula is C23H30N4O3. The van der Waals surface area contributed by atoms with Crippen LogP contribution in [-0.2, 0) is 11.2 Å². The van der Waals surface area contributed by atoms with Crippen molar-refractivity contribution in [3.05, 3.63) is 52.3 Å². The highest BCUT2D eigenvalue weighted by Crippen LogP contribution is 2.21. The van der Waals surface area contributed by atoms with Crippen LogP contribution >= 0.6 is 0 Å². The normalized spacial score (nSPS) is 14.6. The SMILES string of the molecule is CCc1ccccc1NC(=O)CN1CCN(C(=O)c2[nH]c(C)c(C(C)=O)c2C)CC1. The number of carbonyl (C=O) groups is 3. The zero-order chi connectivity index (χ0) is 21.8. The van der Waals surface area contributed by atoms with Gasteiger partial charge < -0.3 is 15.2 Å². The number of aromatic nitrogens is 1. The molecule has 2 amide bonds. The van der Waals surface area contributed by atoms with Crippen molar-refractivity contribution < 1.29 is 14.4 Å². The van der Waals surface area contributed by atoms with Crippen LogP contribution in [0.5, 0.6) is 0 Å². The molecule has 2 N–H and O–H groups in total. The first-order valence-electron chi connectivity index (χ1n) is 10.4. The van der Waals surface area contributed by atoms with Crippen molar-refractivity contribution in [3.8, 4) is 0 Å². The van der Waals surface area contributed by atoms with Gasteiger partial charge in [0.2, 0.25) is 5.91 Å². The number of aromatic amines is 1. The summed E-state index contributed by atoms with van der Waals surface area (Å²) in [5, 5.41) is 3.00. The lowest BCUT2D eigenvalue weighted by molar-refractivity contribution is -0.117. The number of nitrogens with zero attached hydrogens (tertiary/aromatic N) is 2. The maximum atomic E-state index is 12.9. The zero-order valence-corrected chi connectivity index (χ0v) is 18.2. The Bertz CT molecular complexity index is 955. The monoisotopic (exact) mass is 410 g/mol. The fraction of sp³-hybridized carbons (Fsp3) is 0.435. The number of anilines is 1. The molecule has 30 heavy (non-hydrogen) atoms. The molecule has 0 atom stereocenters. The van der Waals surface area contributed by atoms with Gasteiger partial charge in [0.05, 0.1) is 6.54 Å². The average Bonchev–Trinajstić information content (AvgIpc) is 3.02. The summed E-state index contributed by atoms with van der Waals surface area (Å²) in [6, 6.07) is 7.82. The Kier molecular flexibility index (Phi) is 6.72. The van der Waals surface area contributed by atoms with Gasteiger partial charge in [0.1, 0.15) is 5.69 Å². The van der Waals surface area contributed by atoms with Crippen LogP contribution < -0.4 is 5.32 Å². The molecule has 0 aliphatic carbocycles. The predicted molar refractivity (Wildman–Crippen MR) is 117 cm³/mol. The van der Waals surface area contributed by atoms with Crippen molar-refractivity contribution in [3.63, 3.8) is 0 Å². The standard InChI is InChI=1S/C23H30N4O3/c1-5-18-8-6-7-9-19(18)25-20(29)14-26-10-12-27(13-11-26)23(30)22-15(2)21(17(4)28)16(3)24-22/h6-9,24H,5,10-14H2,1-4H3,(H,25,29). The van der Waals surface area contributed by atoms with E-state index in [1.54, 1.807) is 4.90 Å². The topological polar surface area (TPSA) is 85.5 Å². The molecule has 0 unspecified atom stereocenters. The van der Waals surface area contributed by atoms with E-state index in [9.17, 15) is 14.4 Å². The van der Waals surface area contributed by atoms with E-state index in [0.717, 1.165) is 23.4 Å². The molecule has 0 spiro atoms. The Balaban J connectivity index is 1.56. The van der Waals surface area contributed by atoms with Gasteiger partial charge in [0.15, 0.2) is 5.78 Å². The lowest BCUT2D eigenvalue weighted by Crippen LogP contribution is -2.50. The Morgan fingerprint density at radius 2 is 1.73 bits per heavy atom. The number of benzene rings is 1. The zero-order valence-electron chi connectivity index (χ0n) is 18.2. The first kappa shape index (κ1) is 21.8. The maximum absolute atomic E-state index is 12.9. The van der Waals surface area contributed by atoms with E-state index in [2.05, 4.69) is 22.1 Å². The Hall–Kier alpha value is -2.93. The van der Waals surface area contributed by atoms with Crippen molar-refractivity contribution in [2.75, 3.05) is 38.0 Å². The molecule has 1 aromatic heterocycles. The van der Waals surface area contributed by atoms with Crippen LogP contribution in [0, 0.1) is 13.8 Å². The minimum absolute atomic E-state index is 0.0409. The quantitative estimate of drug-likeness (QED) is 0.717. The predicted octanol–water partition coefficient (Wildman–Crippen LogP) is 2.79. The summed E-state index contributed by atoms with van der Waals surface area (Å²) in [6.07, 6.45) is 0.861. The molecule has 3 rings (SSSR count). The van der Waals surface area contributed by atoms with Gasteiger partial charge in [-0.15, -0.1) is 0 Å². The number of aryl methyl sites for hydroxylation is 2. The number of carbonyl (C=O) groups excluding carboxylic acids is 3. The van der Waals surface area contributed by atoms with E-state index >= 15 is 0 Å². The second kappa shape index (κ2) is 9.26. The fourth-order valence-electron chi connectivity index (χ4n) is 4.10. The first-order valence-corrected chi connectivity index (χ1v) is 10.4. The smallest absolute Gasteiger partial charge is 0.270 e. The van der Waals surface area contributed by atoms with Gasteiger partial charge in [-0.2, -0.15) is 0 Å². The number of hydrogen-bond acceptors (Lipinski definition) is 4. The van der Waals surface area contributed by atoms with Gasteiger partial charge in [0, 0.05) is 43.1 Å². The second-order valence-corrected chi connectivity index (χ2v) is 7.81. The van der Waals surface area contributed by atoms with Crippen molar-refractivity contribution in [2.24, 2.45) is 0 Å². The average molecular weight is 411 g/mol. The number of ketones is 1. The third-order valence-electron chi connectivity index (χ3n) is 5.70. The number of amides is 2. The number of Topliss-reactive ketones (excluding diaryl/α,β-unsaturated/α-hetero) is 1. The summed E-state index contributed by atoms with van der Waals surface area (Å²) >= 11 is 0. The lowest BCUT2D eigenvalue weighted by atomic mass is 10.1. The summed E-state index contributed by atoms with van der Waals surface area (Å²) in [5.74, 6) is -0.178. The van der Waals surface area contributed by atoms with Crippen LogP contribution in [0.3, 0.4) is 0 Å². The van der Waals surface area contributed by atoms with Gasteiger partial charge in [0.25, 0.3) is 5.91 Å². The van der Waals surface area contributed by atoms with Gasteiger partial charge in [-0.1, -0.05) is 25.1 Å². The molecule has 1 fully saturated rings. The van der Waals surface area contributed by atoms with Gasteiger partial charge in [-0.05, 0) is 44.4 Å². The molecule has 0 saturated carbocycles. The molecule has 7 heteroatoms. The van der Waals surface area contributed by atoms with E-state index in [-0.39, 0.29) is 17.6 Å². The van der Waals surface area contributed by atoms with Crippen LogP contribution in [0.1, 0.15) is 51.5 Å². The van der Waals surface area contributed by atoms with Crippen LogP contribution in [0.15, 0.2) is 24.3 Å². The highest BCUT2D eigenvalue weighted by molar-refractivity contribution is 6.02. The summed E-state index contributed by atoms with van der Waals surface area (Å²) in [5.41, 5.74) is 4.49. The third kappa shape index (κ3) is 4.62. The van der Waals surface area contributed by atoms with Crippen LogP contribution in [0.4, 0.5) is 5.69 Å². The van der Waals surface area contributed by atoms with Crippen molar-refractivity contribution >= 4 is 23.3 Å². The van der Waals surface area contributed by atoms with E-state index < -0.39 is 0 Å². The van der Waals surface area contributed by atoms with Gasteiger partial charge in [-0.25, -0.2) is 0 Å². The highest BCUT2D eigenvalue weighted by atomic mass is 16.2. The largest absolute Gasteiger partial charge is 0.354 e. The van der Waals surface area contributed by atoms with Crippen molar-refractivity contribution in [1.82, 2.24) is 14.8 Å². The molecule has 1 aliphatic heterocycles. The van der Waals surface area contributed by atoms with Crippen LogP contribution in [-0.4, -0.2) is 65.1 Å². The summed E-state index contributed by atoms with van der Waals surface area (Å²) < 4.78 is 0. The number of para-hydroxylation sites is 1. The lowest BCUT2D eigenvalue weighted by Gasteiger charge is -2.34. The van der Waals surface area contributed by atoms with Crippen LogP contribution in [0.25, 0.3) is 0 Å². The summed E-state index contributed by atoms with van der Waals surface area (Å²) in [7, 11) is 0. The molecule has 1 aliphatic rings. The molecule has 0 radical (unpaired) electrons. The number of piperazine rings is 1. The van der Waals surface area contributed by atoms with E-state index in [4.69, 9.17) is 0 Å². The Morgan fingerprint density at radius 1 is 1.07 bits per heavy atom. The number of hydrogen-bond donors (Lipinski definition) is 2. The molecular weight excluding hydrogens is 380 g/mol. The van der Waals surface area contributed by atoms with Crippen molar-refractivity contribution in [2.45, 2.75) is 34.1 Å². The minimum Gasteiger partial charge on any atom is -0.354 e. The summed E-state index contributed by atoms with van der Waals surface area (Å²) in [6.45, 7) is 9.86. The van der Waals surface area contributed by atoms with E-state index in [1.807, 2.05) is 38.1 Å². The molecule has 2 heterocycles. The molecule has 160 valence electrons. The number of rotatable bonds is 6. The number of nitrogens with one attached hydrogen (secondary N) is 2.